The molecule has 1 saturated carbocycles. The maximum Gasteiger partial charge on any atom is 0.323 e. The van der Waals surface area contributed by atoms with Gasteiger partial charge in [-0.15, -0.1) is 0 Å². The van der Waals surface area contributed by atoms with Crippen LogP contribution in [0.1, 0.15) is 46.5 Å². The van der Waals surface area contributed by atoms with E-state index in [0.29, 0.717) is 18.4 Å². The molecule has 0 radical (unpaired) electrons. The minimum Gasteiger partial charge on any atom is -0.480 e. The zero-order valence-electron chi connectivity index (χ0n) is 11.3. The van der Waals surface area contributed by atoms with E-state index in [9.17, 15) is 4.79 Å². The molecule has 0 aromatic heterocycles. The van der Waals surface area contributed by atoms with Crippen molar-refractivity contribution < 1.29 is 9.90 Å². The molecule has 1 atom stereocenters. The standard InChI is InChI=1S/C13H26N2O2/c1-10(2)6-8-15(11-4-5-11)9-7-13(3,14)12(16)17/h10-11H,4-9,14H2,1-3H3,(H,16,17). The van der Waals surface area contributed by atoms with Gasteiger partial charge in [0.1, 0.15) is 5.54 Å². The van der Waals surface area contributed by atoms with E-state index in [1.807, 2.05) is 0 Å². The van der Waals surface area contributed by atoms with Crippen LogP contribution in [0.25, 0.3) is 0 Å². The quantitative estimate of drug-likeness (QED) is 0.679. The number of carboxylic acids is 1. The fourth-order valence-corrected chi connectivity index (χ4v) is 1.82. The monoisotopic (exact) mass is 242 g/mol. The molecule has 0 aromatic carbocycles. The van der Waals surface area contributed by atoms with Crippen LogP contribution in [-0.2, 0) is 4.79 Å². The van der Waals surface area contributed by atoms with Crippen molar-refractivity contribution in [2.45, 2.75) is 58.0 Å². The number of carboxylic acid groups (broad SMARTS) is 1. The maximum absolute atomic E-state index is 10.9. The van der Waals surface area contributed by atoms with E-state index in [1.54, 1.807) is 6.92 Å². The summed E-state index contributed by atoms with van der Waals surface area (Å²) in [4.78, 5) is 13.4. The Bertz CT molecular complexity index is 260. The number of rotatable bonds is 8. The van der Waals surface area contributed by atoms with Crippen molar-refractivity contribution >= 4 is 5.97 Å². The highest BCUT2D eigenvalue weighted by Gasteiger charge is 2.32. The lowest BCUT2D eigenvalue weighted by Gasteiger charge is -2.27. The van der Waals surface area contributed by atoms with Crippen LogP contribution in [0.4, 0.5) is 0 Å². The number of nitrogens with two attached hydrogens (primary N) is 1. The van der Waals surface area contributed by atoms with Crippen LogP contribution in [-0.4, -0.2) is 40.6 Å². The minimum absolute atomic E-state index is 0.525. The van der Waals surface area contributed by atoms with Crippen LogP contribution in [0.5, 0.6) is 0 Å². The summed E-state index contributed by atoms with van der Waals surface area (Å²) >= 11 is 0. The molecule has 1 unspecified atom stereocenters. The molecule has 0 saturated heterocycles. The number of aliphatic carboxylic acids is 1. The van der Waals surface area contributed by atoms with E-state index in [-0.39, 0.29) is 0 Å². The van der Waals surface area contributed by atoms with Crippen LogP contribution in [0.15, 0.2) is 0 Å². The predicted octanol–water partition coefficient (Wildman–Crippen LogP) is 1.69. The highest BCUT2D eigenvalue weighted by atomic mass is 16.4. The van der Waals surface area contributed by atoms with Gasteiger partial charge in [-0.2, -0.15) is 0 Å². The first kappa shape index (κ1) is 14.5. The SMILES string of the molecule is CC(C)CCN(CCC(C)(N)C(=O)O)C1CC1. The minimum atomic E-state index is -1.09. The van der Waals surface area contributed by atoms with Gasteiger partial charge in [-0.1, -0.05) is 13.8 Å². The second-order valence-electron chi connectivity index (χ2n) is 5.92. The predicted molar refractivity (Wildman–Crippen MR) is 68.9 cm³/mol. The molecular weight excluding hydrogens is 216 g/mol. The molecule has 1 rings (SSSR count). The lowest BCUT2D eigenvalue weighted by atomic mass is 9.99. The van der Waals surface area contributed by atoms with Crippen molar-refractivity contribution in [3.63, 3.8) is 0 Å². The molecule has 3 N–H and O–H groups in total. The molecule has 100 valence electrons. The van der Waals surface area contributed by atoms with Gasteiger partial charge in [0, 0.05) is 12.6 Å². The van der Waals surface area contributed by atoms with Crippen LogP contribution in [0.2, 0.25) is 0 Å². The third-order valence-electron chi connectivity index (χ3n) is 3.46. The molecule has 1 fully saturated rings. The molecule has 4 nitrogen and oxygen atoms in total. The molecule has 0 amide bonds. The zero-order valence-corrected chi connectivity index (χ0v) is 11.3. The number of nitrogens with zero attached hydrogens (tertiary/aromatic N) is 1. The van der Waals surface area contributed by atoms with Gasteiger partial charge in [0.05, 0.1) is 0 Å². The van der Waals surface area contributed by atoms with Gasteiger partial charge < -0.3 is 15.7 Å². The maximum atomic E-state index is 10.9. The Kier molecular flexibility index (Phi) is 4.95. The van der Waals surface area contributed by atoms with Crippen LogP contribution >= 0.6 is 0 Å². The number of hydrogen-bond acceptors (Lipinski definition) is 3. The van der Waals surface area contributed by atoms with E-state index >= 15 is 0 Å². The summed E-state index contributed by atoms with van der Waals surface area (Å²) < 4.78 is 0. The average molecular weight is 242 g/mol. The summed E-state index contributed by atoms with van der Waals surface area (Å²) in [7, 11) is 0. The number of carbonyl (C=O) groups is 1. The van der Waals surface area contributed by atoms with E-state index in [2.05, 4.69) is 18.7 Å². The molecule has 0 aliphatic heterocycles. The average Bonchev–Trinajstić information content (AvgIpc) is 3.00. The lowest BCUT2D eigenvalue weighted by molar-refractivity contribution is -0.143. The van der Waals surface area contributed by atoms with Crippen molar-refractivity contribution in [2.75, 3.05) is 13.1 Å². The summed E-state index contributed by atoms with van der Waals surface area (Å²) in [6, 6.07) is 0.679. The van der Waals surface area contributed by atoms with Gasteiger partial charge in [0.2, 0.25) is 0 Å². The molecule has 1 aliphatic carbocycles. The third kappa shape index (κ3) is 5.04. The van der Waals surface area contributed by atoms with Crippen molar-refractivity contribution in [1.82, 2.24) is 4.90 Å². The van der Waals surface area contributed by atoms with E-state index in [1.165, 1.54) is 19.3 Å². The topological polar surface area (TPSA) is 66.6 Å². The van der Waals surface area contributed by atoms with Gasteiger partial charge in [0.25, 0.3) is 0 Å². The van der Waals surface area contributed by atoms with Crippen LogP contribution in [0, 0.1) is 5.92 Å². The highest BCUT2D eigenvalue weighted by Crippen LogP contribution is 2.28. The van der Waals surface area contributed by atoms with Crippen molar-refractivity contribution in [2.24, 2.45) is 11.7 Å². The normalized spacial score (nSPS) is 19.6. The van der Waals surface area contributed by atoms with Gasteiger partial charge >= 0.3 is 5.97 Å². The van der Waals surface area contributed by atoms with E-state index in [0.717, 1.165) is 13.1 Å². The molecule has 17 heavy (non-hydrogen) atoms. The molecular formula is C13H26N2O2. The first-order chi connectivity index (χ1) is 7.83. The molecule has 0 aromatic rings. The summed E-state index contributed by atoms with van der Waals surface area (Å²) in [5.41, 5.74) is 4.67. The van der Waals surface area contributed by atoms with Crippen molar-refractivity contribution in [3.05, 3.63) is 0 Å². The second kappa shape index (κ2) is 5.83. The zero-order chi connectivity index (χ0) is 13.1. The Hall–Kier alpha value is -0.610. The Balaban J connectivity index is 2.37. The van der Waals surface area contributed by atoms with E-state index < -0.39 is 11.5 Å². The fourth-order valence-electron chi connectivity index (χ4n) is 1.82. The number of hydrogen-bond donors (Lipinski definition) is 2. The summed E-state index contributed by atoms with van der Waals surface area (Å²) in [6.07, 6.45) is 4.21. The third-order valence-corrected chi connectivity index (χ3v) is 3.46. The summed E-state index contributed by atoms with van der Waals surface area (Å²) in [5, 5.41) is 8.98. The molecule has 0 spiro atoms. The summed E-state index contributed by atoms with van der Waals surface area (Å²) in [5.74, 6) is -0.211. The first-order valence-corrected chi connectivity index (χ1v) is 6.59. The first-order valence-electron chi connectivity index (χ1n) is 6.59. The highest BCUT2D eigenvalue weighted by molar-refractivity contribution is 5.77. The largest absolute Gasteiger partial charge is 0.480 e. The van der Waals surface area contributed by atoms with Crippen LogP contribution in [0.3, 0.4) is 0 Å². The Morgan fingerprint density at radius 2 is 2.06 bits per heavy atom. The van der Waals surface area contributed by atoms with Gasteiger partial charge in [0.15, 0.2) is 0 Å². The van der Waals surface area contributed by atoms with Gasteiger partial charge in [-0.05, 0) is 45.1 Å². The van der Waals surface area contributed by atoms with E-state index in [4.69, 9.17) is 10.8 Å². The molecule has 1 aliphatic rings. The molecule has 4 heteroatoms. The van der Waals surface area contributed by atoms with Crippen LogP contribution < -0.4 is 5.73 Å². The summed E-state index contributed by atoms with van der Waals surface area (Å²) in [6.45, 7) is 7.91. The Labute approximate surface area is 104 Å². The Morgan fingerprint density at radius 1 is 1.47 bits per heavy atom. The molecule has 0 heterocycles. The smallest absolute Gasteiger partial charge is 0.323 e. The van der Waals surface area contributed by atoms with Gasteiger partial charge in [-0.25, -0.2) is 0 Å². The van der Waals surface area contributed by atoms with Crippen molar-refractivity contribution in [1.29, 1.82) is 0 Å². The van der Waals surface area contributed by atoms with Gasteiger partial charge in [-0.3, -0.25) is 4.79 Å². The molecule has 0 bridgehead atoms. The lowest BCUT2D eigenvalue weighted by Crippen LogP contribution is -2.47. The Morgan fingerprint density at radius 3 is 2.47 bits per heavy atom. The fraction of sp³-hybridized carbons (Fsp3) is 0.923. The second-order valence-corrected chi connectivity index (χ2v) is 5.92. The van der Waals surface area contributed by atoms with Crippen molar-refractivity contribution in [3.8, 4) is 0 Å².